The van der Waals surface area contributed by atoms with Gasteiger partial charge in [0.15, 0.2) is 0 Å². The lowest BCUT2D eigenvalue weighted by atomic mass is 9.67. The van der Waals surface area contributed by atoms with E-state index in [1.165, 1.54) is 30.9 Å². The molecule has 3 aromatic rings. The van der Waals surface area contributed by atoms with Gasteiger partial charge in [0.05, 0.1) is 23.3 Å². The fourth-order valence-electron chi connectivity index (χ4n) is 6.14. The van der Waals surface area contributed by atoms with E-state index in [2.05, 4.69) is 27.6 Å². The van der Waals surface area contributed by atoms with Gasteiger partial charge < -0.3 is 5.32 Å². The number of benzene rings is 2. The molecule has 0 unspecified atom stereocenters. The van der Waals surface area contributed by atoms with Crippen LogP contribution in [0.3, 0.4) is 0 Å². The molecule has 134 valence electrons. The molecule has 5 heteroatoms. The average molecular weight is 358 g/mol. The third kappa shape index (κ3) is 1.98. The molecule has 6 rings (SSSR count). The van der Waals surface area contributed by atoms with Crippen molar-refractivity contribution in [3.63, 3.8) is 0 Å². The lowest BCUT2D eigenvalue weighted by molar-refractivity contribution is 0.248. The molecule has 2 aliphatic carbocycles. The number of halogens is 1. The summed E-state index contributed by atoms with van der Waals surface area (Å²) in [5.74, 6) is 1.90. The minimum Gasteiger partial charge on any atom is -0.378 e. The molecule has 4 nitrogen and oxygen atoms in total. The Morgan fingerprint density at radius 1 is 1.15 bits per heavy atom. The Kier molecular flexibility index (Phi) is 3.00. The van der Waals surface area contributed by atoms with Crippen LogP contribution in [0.2, 0.25) is 0 Å². The van der Waals surface area contributed by atoms with E-state index in [1.54, 1.807) is 6.07 Å². The van der Waals surface area contributed by atoms with Gasteiger partial charge in [-0.25, -0.2) is 4.39 Å². The topological polar surface area (TPSA) is 64.5 Å². The van der Waals surface area contributed by atoms with E-state index in [0.717, 1.165) is 22.2 Å². The Hall–Kier alpha value is -2.87. The molecule has 1 aromatic heterocycles. The number of nitrogens with one attached hydrogen (secondary N) is 2. The van der Waals surface area contributed by atoms with E-state index >= 15 is 0 Å². The zero-order valence-electron chi connectivity index (χ0n) is 14.7. The average Bonchev–Trinajstić information content (AvgIpc) is 3.43. The van der Waals surface area contributed by atoms with Gasteiger partial charge >= 0.3 is 0 Å². The van der Waals surface area contributed by atoms with Gasteiger partial charge in [-0.2, -0.15) is 10.4 Å². The molecule has 27 heavy (non-hydrogen) atoms. The summed E-state index contributed by atoms with van der Waals surface area (Å²) in [6.45, 7) is 0. The summed E-state index contributed by atoms with van der Waals surface area (Å²) in [5, 5.41) is 21.6. The Morgan fingerprint density at radius 2 is 2.04 bits per heavy atom. The number of rotatable bonds is 1. The Labute approximate surface area is 156 Å². The van der Waals surface area contributed by atoms with Gasteiger partial charge in [-0.05, 0) is 72.8 Å². The summed E-state index contributed by atoms with van der Waals surface area (Å²) in [5.41, 5.74) is 4.82. The normalized spacial score (nSPS) is 30.6. The largest absolute Gasteiger partial charge is 0.378 e. The Balaban J connectivity index is 1.55. The minimum absolute atomic E-state index is 0.117. The highest BCUT2D eigenvalue weighted by atomic mass is 19.1. The molecule has 0 amide bonds. The third-order valence-corrected chi connectivity index (χ3v) is 7.14. The summed E-state index contributed by atoms with van der Waals surface area (Å²) in [4.78, 5) is 0. The van der Waals surface area contributed by atoms with Crippen LogP contribution in [0.25, 0.3) is 10.9 Å². The highest BCUT2D eigenvalue weighted by Crippen LogP contribution is 2.64. The highest BCUT2D eigenvalue weighted by molar-refractivity contribution is 5.88. The van der Waals surface area contributed by atoms with Gasteiger partial charge in [0.25, 0.3) is 0 Å². The highest BCUT2D eigenvalue weighted by Gasteiger charge is 2.54. The molecule has 0 saturated heterocycles. The Bertz CT molecular complexity index is 1110. The smallest absolute Gasteiger partial charge is 0.140 e. The van der Waals surface area contributed by atoms with Gasteiger partial charge in [0.1, 0.15) is 11.9 Å². The molecule has 1 aliphatic heterocycles. The second-order valence-corrected chi connectivity index (χ2v) is 8.27. The predicted octanol–water partition coefficient (Wildman–Crippen LogP) is 4.87. The van der Waals surface area contributed by atoms with Gasteiger partial charge in [0, 0.05) is 16.6 Å². The molecule has 2 fully saturated rings. The molecule has 0 spiro atoms. The maximum absolute atomic E-state index is 13.9. The van der Waals surface area contributed by atoms with E-state index in [9.17, 15) is 9.65 Å². The molecule has 2 saturated carbocycles. The Morgan fingerprint density at radius 3 is 2.93 bits per heavy atom. The van der Waals surface area contributed by atoms with Gasteiger partial charge in [-0.15, -0.1) is 0 Å². The van der Waals surface area contributed by atoms with Crippen LogP contribution in [0.15, 0.2) is 36.5 Å². The lowest BCUT2D eigenvalue weighted by Crippen LogP contribution is -2.35. The van der Waals surface area contributed by atoms with E-state index in [0.29, 0.717) is 23.7 Å². The zero-order chi connectivity index (χ0) is 18.1. The van der Waals surface area contributed by atoms with Gasteiger partial charge in [-0.1, -0.05) is 6.07 Å². The molecule has 2 bridgehead atoms. The van der Waals surface area contributed by atoms with Crippen LogP contribution in [0.5, 0.6) is 0 Å². The van der Waals surface area contributed by atoms with E-state index in [-0.39, 0.29) is 11.6 Å². The van der Waals surface area contributed by atoms with Crippen molar-refractivity contribution < 1.29 is 4.39 Å². The molecule has 3 aliphatic rings. The van der Waals surface area contributed by atoms with Crippen LogP contribution in [-0.4, -0.2) is 10.2 Å². The first-order chi connectivity index (χ1) is 13.2. The van der Waals surface area contributed by atoms with Crippen LogP contribution in [0.1, 0.15) is 47.9 Å². The number of H-pyrrole nitrogens is 1. The fraction of sp³-hybridized carbons (Fsp3) is 0.364. The van der Waals surface area contributed by atoms with E-state index in [4.69, 9.17) is 0 Å². The van der Waals surface area contributed by atoms with Crippen molar-refractivity contribution in [3.8, 4) is 6.07 Å². The van der Waals surface area contributed by atoms with Crippen molar-refractivity contribution in [2.75, 3.05) is 5.32 Å². The van der Waals surface area contributed by atoms with Crippen molar-refractivity contribution >= 4 is 16.6 Å². The van der Waals surface area contributed by atoms with E-state index in [1.807, 2.05) is 18.3 Å². The summed E-state index contributed by atoms with van der Waals surface area (Å²) < 4.78 is 13.9. The molecule has 2 aromatic carbocycles. The van der Waals surface area contributed by atoms with Crippen LogP contribution in [0, 0.1) is 34.9 Å². The summed E-state index contributed by atoms with van der Waals surface area (Å²) in [6.07, 6.45) is 5.72. The number of hydrogen-bond acceptors (Lipinski definition) is 3. The molecule has 0 radical (unpaired) electrons. The standard InChI is InChI=1S/C22H19FN4/c23-16-5-3-13(8-15(16)9-24)21-19-12-2-1-11(7-12)18(19)20-17(26-21)6-4-14-10-25-27-22(14)20/h3-6,8,10-12,18-19,21,26H,1-2,7H2,(H,25,27)/t11-,12+,18+,19-,21+/m1/s1. The molecular weight excluding hydrogens is 339 g/mol. The zero-order valence-corrected chi connectivity index (χ0v) is 14.7. The summed E-state index contributed by atoms with van der Waals surface area (Å²) in [6, 6.07) is 11.4. The molecule has 2 N–H and O–H groups in total. The van der Waals surface area contributed by atoms with Crippen molar-refractivity contribution in [1.29, 1.82) is 5.26 Å². The first kappa shape index (κ1) is 15.2. The first-order valence-electron chi connectivity index (χ1n) is 9.66. The number of nitriles is 1. The number of fused-ring (bicyclic) bond motifs is 9. The van der Waals surface area contributed by atoms with Crippen molar-refractivity contribution in [1.82, 2.24) is 10.2 Å². The second-order valence-electron chi connectivity index (χ2n) is 8.27. The number of hydrogen-bond donors (Lipinski definition) is 2. The van der Waals surface area contributed by atoms with Crippen LogP contribution < -0.4 is 5.32 Å². The molecule has 2 heterocycles. The van der Waals surface area contributed by atoms with Gasteiger partial charge in [0.2, 0.25) is 0 Å². The van der Waals surface area contributed by atoms with Gasteiger partial charge in [-0.3, -0.25) is 5.10 Å². The maximum atomic E-state index is 13.9. The number of anilines is 1. The predicted molar refractivity (Wildman–Crippen MR) is 101 cm³/mol. The number of aromatic nitrogens is 2. The van der Waals surface area contributed by atoms with Crippen molar-refractivity contribution in [3.05, 3.63) is 59.0 Å². The minimum atomic E-state index is -0.443. The molecule has 5 atom stereocenters. The summed E-state index contributed by atoms with van der Waals surface area (Å²) in [7, 11) is 0. The van der Waals surface area contributed by atoms with Crippen molar-refractivity contribution in [2.24, 2.45) is 17.8 Å². The van der Waals surface area contributed by atoms with Crippen LogP contribution >= 0.6 is 0 Å². The second kappa shape index (κ2) is 5.32. The lowest BCUT2D eigenvalue weighted by Gasteiger charge is -2.43. The monoisotopic (exact) mass is 358 g/mol. The number of nitrogens with zero attached hydrogens (tertiary/aromatic N) is 2. The molecular formula is C22H19FN4. The first-order valence-corrected chi connectivity index (χ1v) is 9.66. The quantitative estimate of drug-likeness (QED) is 0.652. The van der Waals surface area contributed by atoms with Crippen LogP contribution in [-0.2, 0) is 0 Å². The van der Waals surface area contributed by atoms with E-state index < -0.39 is 5.82 Å². The summed E-state index contributed by atoms with van der Waals surface area (Å²) >= 11 is 0. The van der Waals surface area contributed by atoms with Crippen LogP contribution in [0.4, 0.5) is 10.1 Å². The number of aromatic amines is 1. The van der Waals surface area contributed by atoms with Crippen molar-refractivity contribution in [2.45, 2.75) is 31.2 Å². The SMILES string of the molecule is N#Cc1cc([C@@H]2Nc3ccc4cn[nH]c4c3[C@H]3[C@@H]4CC[C@@H](C4)[C@H]32)ccc1F. The maximum Gasteiger partial charge on any atom is 0.140 e. The fourth-order valence-corrected chi connectivity index (χ4v) is 6.14. The third-order valence-electron chi connectivity index (χ3n) is 7.14.